The van der Waals surface area contributed by atoms with E-state index in [1.54, 1.807) is 6.92 Å². The van der Waals surface area contributed by atoms with Crippen LogP contribution in [0.15, 0.2) is 0 Å². The van der Waals surface area contributed by atoms with Crippen LogP contribution in [0.5, 0.6) is 0 Å². The van der Waals surface area contributed by atoms with Gasteiger partial charge in [0.2, 0.25) is 5.91 Å². The van der Waals surface area contributed by atoms with E-state index in [2.05, 4.69) is 18.7 Å². The molecule has 1 amide bonds. The Kier molecular flexibility index (Phi) is 5.08. The number of piperidine rings is 1. The molecule has 1 saturated carbocycles. The van der Waals surface area contributed by atoms with Crippen LogP contribution in [0, 0.1) is 5.41 Å². The smallest absolute Gasteiger partial charge is 0.219 e. The Hall–Kier alpha value is -0.610. The van der Waals surface area contributed by atoms with Crippen LogP contribution in [0.1, 0.15) is 46.5 Å². The minimum atomic E-state index is 0.187. The van der Waals surface area contributed by atoms with Gasteiger partial charge in [-0.15, -0.1) is 0 Å². The first kappa shape index (κ1) is 15.8. The molecule has 0 atom stereocenters. The summed E-state index contributed by atoms with van der Waals surface area (Å²) in [4.78, 5) is 15.9. The summed E-state index contributed by atoms with van der Waals surface area (Å²) in [5.74, 6) is 0.187. The van der Waals surface area contributed by atoms with E-state index in [-0.39, 0.29) is 5.91 Å². The second-order valence-electron chi connectivity index (χ2n) is 7.00. The van der Waals surface area contributed by atoms with E-state index < -0.39 is 0 Å². The van der Waals surface area contributed by atoms with Crippen molar-refractivity contribution in [2.75, 3.05) is 33.3 Å². The van der Waals surface area contributed by atoms with E-state index in [4.69, 9.17) is 4.74 Å². The van der Waals surface area contributed by atoms with Gasteiger partial charge in [0.1, 0.15) is 0 Å². The lowest BCUT2D eigenvalue weighted by molar-refractivity contribution is -0.130. The molecule has 0 aromatic rings. The Bertz CT molecular complexity index is 331. The fourth-order valence-electron chi connectivity index (χ4n) is 3.06. The maximum Gasteiger partial charge on any atom is 0.219 e. The summed E-state index contributed by atoms with van der Waals surface area (Å²) in [7, 11) is 1.93. The van der Waals surface area contributed by atoms with Gasteiger partial charge in [0.15, 0.2) is 0 Å². The zero-order valence-corrected chi connectivity index (χ0v) is 13.5. The van der Waals surface area contributed by atoms with Crippen LogP contribution in [-0.2, 0) is 9.53 Å². The minimum Gasteiger partial charge on any atom is -0.378 e. The number of carbonyl (C=O) groups is 1. The van der Waals surface area contributed by atoms with Crippen molar-refractivity contribution in [2.24, 2.45) is 5.41 Å². The normalized spacial score (nSPS) is 23.1. The summed E-state index contributed by atoms with van der Waals surface area (Å²) in [5, 5.41) is 0. The van der Waals surface area contributed by atoms with Crippen LogP contribution < -0.4 is 0 Å². The lowest BCUT2D eigenvalue weighted by Gasteiger charge is -2.38. The van der Waals surface area contributed by atoms with Gasteiger partial charge in [0.05, 0.1) is 12.7 Å². The van der Waals surface area contributed by atoms with Gasteiger partial charge >= 0.3 is 0 Å². The maximum atomic E-state index is 11.4. The zero-order chi connectivity index (χ0) is 14.8. The molecule has 2 rings (SSSR count). The number of hydrogen-bond acceptors (Lipinski definition) is 3. The summed E-state index contributed by atoms with van der Waals surface area (Å²) < 4.78 is 5.82. The molecule has 4 nitrogen and oxygen atoms in total. The van der Waals surface area contributed by atoms with Crippen molar-refractivity contribution < 1.29 is 9.53 Å². The number of likely N-dealkylation sites (tertiary alicyclic amines) is 1. The molecule has 0 aromatic carbocycles. The predicted molar refractivity (Wildman–Crippen MR) is 80.7 cm³/mol. The van der Waals surface area contributed by atoms with E-state index in [1.807, 2.05) is 11.9 Å². The molecule has 1 heterocycles. The first-order chi connectivity index (χ1) is 9.42. The summed E-state index contributed by atoms with van der Waals surface area (Å²) in [6.07, 6.45) is 5.18. The van der Waals surface area contributed by atoms with Gasteiger partial charge in [0, 0.05) is 45.1 Å². The summed E-state index contributed by atoms with van der Waals surface area (Å²) in [6, 6.07) is 0.436. The third-order valence-corrected chi connectivity index (χ3v) is 4.84. The maximum absolute atomic E-state index is 11.4. The number of ether oxygens (including phenoxy) is 1. The minimum absolute atomic E-state index is 0.187. The molecule has 0 unspecified atom stereocenters. The fraction of sp³-hybridized carbons (Fsp3) is 0.938. The summed E-state index contributed by atoms with van der Waals surface area (Å²) >= 11 is 0. The molecule has 0 aromatic heterocycles. The quantitative estimate of drug-likeness (QED) is 0.748. The molecule has 0 radical (unpaired) electrons. The van der Waals surface area contributed by atoms with Crippen LogP contribution in [0.2, 0.25) is 0 Å². The summed E-state index contributed by atoms with van der Waals surface area (Å²) in [6.45, 7) is 10.2. The molecular formula is C16H30N2O2. The highest BCUT2D eigenvalue weighted by atomic mass is 16.5. The van der Waals surface area contributed by atoms with Crippen LogP contribution >= 0.6 is 0 Å². The number of rotatable bonds is 6. The lowest BCUT2D eigenvalue weighted by Crippen LogP contribution is -2.46. The molecule has 0 spiro atoms. The number of nitrogens with zero attached hydrogens (tertiary/aromatic N) is 2. The molecule has 4 heteroatoms. The van der Waals surface area contributed by atoms with Crippen LogP contribution in [0.3, 0.4) is 0 Å². The lowest BCUT2D eigenvalue weighted by atomic mass is 10.0. The van der Waals surface area contributed by atoms with E-state index >= 15 is 0 Å². The Morgan fingerprint density at radius 2 is 1.95 bits per heavy atom. The van der Waals surface area contributed by atoms with Crippen LogP contribution in [0.4, 0.5) is 0 Å². The van der Waals surface area contributed by atoms with Gasteiger partial charge in [0.25, 0.3) is 0 Å². The highest BCUT2D eigenvalue weighted by Gasteiger charge is 2.44. The zero-order valence-electron chi connectivity index (χ0n) is 13.5. The Morgan fingerprint density at radius 3 is 2.40 bits per heavy atom. The Morgan fingerprint density at radius 1 is 1.35 bits per heavy atom. The average Bonchev–Trinajstić information content (AvgIpc) is 3.17. The van der Waals surface area contributed by atoms with Crippen molar-refractivity contribution >= 4 is 5.91 Å². The van der Waals surface area contributed by atoms with Crippen molar-refractivity contribution in [1.29, 1.82) is 0 Å². The molecule has 1 saturated heterocycles. The monoisotopic (exact) mass is 282 g/mol. The van der Waals surface area contributed by atoms with Gasteiger partial charge in [-0.3, -0.25) is 4.79 Å². The fourth-order valence-corrected chi connectivity index (χ4v) is 3.06. The first-order valence-electron chi connectivity index (χ1n) is 7.99. The Labute approximate surface area is 123 Å². The third kappa shape index (κ3) is 4.19. The van der Waals surface area contributed by atoms with Gasteiger partial charge in [-0.25, -0.2) is 0 Å². The highest BCUT2D eigenvalue weighted by molar-refractivity contribution is 5.73. The number of hydrogen-bond donors (Lipinski definition) is 0. The molecule has 20 heavy (non-hydrogen) atoms. The largest absolute Gasteiger partial charge is 0.378 e. The SMILES string of the molecule is CC(=O)N(C)C1CCN(CC2(COC(C)C)CC2)CC1. The van der Waals surface area contributed by atoms with Crippen LogP contribution in [0.25, 0.3) is 0 Å². The van der Waals surface area contributed by atoms with E-state index in [1.165, 1.54) is 19.4 Å². The topological polar surface area (TPSA) is 32.8 Å². The van der Waals surface area contributed by atoms with E-state index in [0.717, 1.165) is 32.5 Å². The van der Waals surface area contributed by atoms with Gasteiger partial charge in [-0.2, -0.15) is 0 Å². The predicted octanol–water partition coefficient (Wildman–Crippen LogP) is 2.13. The third-order valence-electron chi connectivity index (χ3n) is 4.84. The van der Waals surface area contributed by atoms with Gasteiger partial charge in [-0.05, 0) is 39.5 Å². The van der Waals surface area contributed by atoms with Crippen LogP contribution in [-0.4, -0.2) is 61.1 Å². The van der Waals surface area contributed by atoms with Gasteiger partial charge in [-0.1, -0.05) is 0 Å². The Balaban J connectivity index is 1.73. The molecule has 2 fully saturated rings. The van der Waals surface area contributed by atoms with E-state index in [0.29, 0.717) is 17.6 Å². The highest BCUT2D eigenvalue weighted by Crippen LogP contribution is 2.47. The van der Waals surface area contributed by atoms with Crippen molar-refractivity contribution in [3.8, 4) is 0 Å². The molecule has 1 aliphatic heterocycles. The van der Waals surface area contributed by atoms with Crippen molar-refractivity contribution in [3.63, 3.8) is 0 Å². The average molecular weight is 282 g/mol. The second kappa shape index (κ2) is 6.44. The van der Waals surface area contributed by atoms with E-state index in [9.17, 15) is 4.79 Å². The number of amides is 1. The van der Waals surface area contributed by atoms with Crippen molar-refractivity contribution in [3.05, 3.63) is 0 Å². The molecule has 0 bridgehead atoms. The molecule has 2 aliphatic rings. The standard InChI is InChI=1S/C16H30N2O2/c1-13(2)20-12-16(7-8-16)11-18-9-5-15(6-10-18)17(4)14(3)19/h13,15H,5-12H2,1-4H3. The molecule has 116 valence electrons. The van der Waals surface area contributed by atoms with Crippen molar-refractivity contribution in [2.45, 2.75) is 58.6 Å². The first-order valence-corrected chi connectivity index (χ1v) is 7.99. The second-order valence-corrected chi connectivity index (χ2v) is 7.00. The summed E-state index contributed by atoms with van der Waals surface area (Å²) in [5.41, 5.74) is 0.434. The molecular weight excluding hydrogens is 252 g/mol. The number of carbonyl (C=O) groups excluding carboxylic acids is 1. The molecule has 1 aliphatic carbocycles. The van der Waals surface area contributed by atoms with Crippen molar-refractivity contribution in [1.82, 2.24) is 9.80 Å². The van der Waals surface area contributed by atoms with Gasteiger partial charge < -0.3 is 14.5 Å². The molecule has 0 N–H and O–H groups in total.